The molecule has 316 valence electrons. The van der Waals surface area contributed by atoms with Crippen LogP contribution in [0.1, 0.15) is 225 Å². The zero-order valence-corrected chi connectivity index (χ0v) is 36.1. The summed E-state index contributed by atoms with van der Waals surface area (Å²) < 4.78 is 17.2. The van der Waals surface area contributed by atoms with Crippen LogP contribution in [0.5, 0.6) is 17.2 Å². The average molecular weight is 777 g/mol. The van der Waals surface area contributed by atoms with Crippen LogP contribution in [0.25, 0.3) is 0 Å². The largest absolute Gasteiger partial charge is 0.427 e. The van der Waals surface area contributed by atoms with E-state index in [0.717, 1.165) is 68.9 Å². The van der Waals surface area contributed by atoms with Gasteiger partial charge in [0.15, 0.2) is 0 Å². The quantitative estimate of drug-likeness (QED) is 0.0389. The maximum Gasteiger partial charge on any atom is 0.311 e. The number of hydrogen-bond donors (Lipinski definition) is 0. The van der Waals surface area contributed by atoms with E-state index in [1.54, 1.807) is 6.07 Å². The first kappa shape index (κ1) is 49.0. The second-order valence-corrected chi connectivity index (χ2v) is 16.1. The molecule has 56 heavy (non-hydrogen) atoms. The minimum Gasteiger partial charge on any atom is -0.427 e. The van der Waals surface area contributed by atoms with Gasteiger partial charge in [-0.2, -0.15) is 0 Å². The molecular formula is C50H80O6. The Balaban J connectivity index is 1.86. The number of benzene rings is 2. The van der Waals surface area contributed by atoms with Gasteiger partial charge in [-0.05, 0) is 67.5 Å². The summed E-state index contributed by atoms with van der Waals surface area (Å²) in [7, 11) is 0. The Morgan fingerprint density at radius 3 is 0.964 bits per heavy atom. The molecule has 0 heterocycles. The molecule has 0 bridgehead atoms. The number of carbonyl (C=O) groups is 3. The third-order valence-electron chi connectivity index (χ3n) is 10.7. The number of ether oxygens (including phenoxy) is 3. The van der Waals surface area contributed by atoms with Gasteiger partial charge >= 0.3 is 17.9 Å². The van der Waals surface area contributed by atoms with Gasteiger partial charge in [0.05, 0.1) is 0 Å². The second-order valence-electron chi connectivity index (χ2n) is 16.1. The predicted octanol–water partition coefficient (Wildman–Crippen LogP) is 15.0. The van der Waals surface area contributed by atoms with Gasteiger partial charge in [0.2, 0.25) is 0 Å². The van der Waals surface area contributed by atoms with Crippen molar-refractivity contribution in [3.8, 4) is 17.2 Å². The van der Waals surface area contributed by atoms with Gasteiger partial charge in [0.25, 0.3) is 0 Å². The predicted molar refractivity (Wildman–Crippen MR) is 233 cm³/mol. The first-order valence-electron chi connectivity index (χ1n) is 23.3. The molecule has 0 spiro atoms. The van der Waals surface area contributed by atoms with Crippen LogP contribution in [0.3, 0.4) is 0 Å². The summed E-state index contributed by atoms with van der Waals surface area (Å²) in [6.07, 6.45) is 34.9. The molecule has 0 aliphatic rings. The third-order valence-corrected chi connectivity index (χ3v) is 10.7. The van der Waals surface area contributed by atoms with Crippen LogP contribution in [0.4, 0.5) is 0 Å². The van der Waals surface area contributed by atoms with Crippen molar-refractivity contribution in [2.75, 3.05) is 0 Å². The van der Waals surface area contributed by atoms with Crippen molar-refractivity contribution in [1.29, 1.82) is 0 Å². The van der Waals surface area contributed by atoms with E-state index in [1.165, 1.54) is 122 Å². The zero-order valence-electron chi connectivity index (χ0n) is 36.1. The molecule has 2 aromatic rings. The Morgan fingerprint density at radius 2 is 0.625 bits per heavy atom. The van der Waals surface area contributed by atoms with E-state index >= 15 is 0 Å². The van der Waals surface area contributed by atoms with Gasteiger partial charge < -0.3 is 14.2 Å². The van der Waals surface area contributed by atoms with E-state index in [9.17, 15) is 14.4 Å². The highest BCUT2D eigenvalue weighted by Crippen LogP contribution is 2.26. The topological polar surface area (TPSA) is 78.9 Å². The monoisotopic (exact) mass is 777 g/mol. The van der Waals surface area contributed by atoms with Crippen LogP contribution in [0.2, 0.25) is 0 Å². The SMILES string of the molecule is CCCCCCCCCCCC(=O)Oc1ccc(CCc2cc(OC(=O)CCCCCCCCCCC)cc(OC(=O)CCCCCCCCCCC)c2)cc1. The van der Waals surface area contributed by atoms with Crippen molar-refractivity contribution >= 4 is 17.9 Å². The molecule has 0 aromatic heterocycles. The first-order valence-corrected chi connectivity index (χ1v) is 23.3. The van der Waals surface area contributed by atoms with Crippen molar-refractivity contribution in [3.63, 3.8) is 0 Å². The van der Waals surface area contributed by atoms with Gasteiger partial charge in [-0.25, -0.2) is 0 Å². The molecule has 0 aliphatic heterocycles. The van der Waals surface area contributed by atoms with Gasteiger partial charge in [-0.15, -0.1) is 0 Å². The van der Waals surface area contributed by atoms with Gasteiger partial charge in [-0.3, -0.25) is 14.4 Å². The Bertz CT molecular complexity index is 1230. The van der Waals surface area contributed by atoms with Crippen molar-refractivity contribution in [1.82, 2.24) is 0 Å². The van der Waals surface area contributed by atoms with E-state index in [0.29, 0.717) is 42.9 Å². The minimum atomic E-state index is -0.250. The summed E-state index contributed by atoms with van der Waals surface area (Å²) in [6.45, 7) is 6.72. The lowest BCUT2D eigenvalue weighted by Gasteiger charge is -2.12. The van der Waals surface area contributed by atoms with Crippen LogP contribution in [0.15, 0.2) is 42.5 Å². The zero-order chi connectivity index (χ0) is 40.3. The van der Waals surface area contributed by atoms with E-state index in [-0.39, 0.29) is 17.9 Å². The lowest BCUT2D eigenvalue weighted by molar-refractivity contribution is -0.135. The van der Waals surface area contributed by atoms with Crippen molar-refractivity contribution in [2.45, 2.75) is 226 Å². The molecular weight excluding hydrogens is 697 g/mol. The van der Waals surface area contributed by atoms with E-state index in [4.69, 9.17) is 14.2 Å². The summed E-state index contributed by atoms with van der Waals surface area (Å²) in [5.74, 6) is 0.730. The number of unbranched alkanes of at least 4 members (excludes halogenated alkanes) is 24. The maximum atomic E-state index is 12.8. The average Bonchev–Trinajstić information content (AvgIpc) is 3.18. The van der Waals surface area contributed by atoms with Crippen molar-refractivity contribution in [2.24, 2.45) is 0 Å². The second kappa shape index (κ2) is 33.9. The maximum absolute atomic E-state index is 12.8. The number of aryl methyl sites for hydroxylation is 2. The molecule has 2 rings (SSSR count). The van der Waals surface area contributed by atoms with E-state index < -0.39 is 0 Å². The van der Waals surface area contributed by atoms with Gasteiger partial charge in [-0.1, -0.05) is 187 Å². The fourth-order valence-electron chi connectivity index (χ4n) is 7.19. The third kappa shape index (κ3) is 26.7. The molecule has 0 fully saturated rings. The van der Waals surface area contributed by atoms with Crippen LogP contribution in [0, 0.1) is 0 Å². The number of hydrogen-bond acceptors (Lipinski definition) is 6. The number of esters is 3. The molecule has 0 radical (unpaired) electrons. The van der Waals surface area contributed by atoms with Crippen molar-refractivity contribution < 1.29 is 28.6 Å². The summed E-state index contributed by atoms with van der Waals surface area (Å²) in [5, 5.41) is 0. The summed E-state index contributed by atoms with van der Waals surface area (Å²) in [4.78, 5) is 38.1. The smallest absolute Gasteiger partial charge is 0.311 e. The molecule has 0 aliphatic carbocycles. The van der Waals surface area contributed by atoms with Crippen molar-refractivity contribution in [3.05, 3.63) is 53.6 Å². The highest BCUT2D eigenvalue weighted by atomic mass is 16.5. The lowest BCUT2D eigenvalue weighted by Crippen LogP contribution is -2.10. The number of carbonyl (C=O) groups excluding carboxylic acids is 3. The van der Waals surface area contributed by atoms with Crippen LogP contribution in [-0.4, -0.2) is 17.9 Å². The molecule has 0 saturated heterocycles. The van der Waals surface area contributed by atoms with Crippen LogP contribution >= 0.6 is 0 Å². The standard InChI is InChI=1S/C50H80O6/c1-4-7-10-13-16-19-22-25-28-31-48(51)54-45-38-36-43(37-39-45)34-35-44-40-46(55-49(52)32-29-26-23-20-17-14-11-8-5-2)42-47(41-44)56-50(53)33-30-27-24-21-18-15-12-9-6-3/h36-42H,4-35H2,1-3H3. The Kier molecular flexibility index (Phi) is 29.7. The van der Waals surface area contributed by atoms with Gasteiger partial charge in [0, 0.05) is 25.3 Å². The first-order chi connectivity index (χ1) is 27.4. The van der Waals surface area contributed by atoms with Gasteiger partial charge in [0.1, 0.15) is 17.2 Å². The molecule has 0 amide bonds. The Morgan fingerprint density at radius 1 is 0.339 bits per heavy atom. The summed E-state index contributed by atoms with van der Waals surface area (Å²) >= 11 is 0. The normalized spacial score (nSPS) is 11.1. The molecule has 6 nitrogen and oxygen atoms in total. The molecule has 0 unspecified atom stereocenters. The Hall–Kier alpha value is -3.15. The Labute approximate surface area is 342 Å². The lowest BCUT2D eigenvalue weighted by atomic mass is 10.0. The van der Waals surface area contributed by atoms with E-state index in [1.807, 2.05) is 36.4 Å². The highest BCUT2D eigenvalue weighted by molar-refractivity contribution is 5.74. The molecule has 6 heteroatoms. The van der Waals surface area contributed by atoms with E-state index in [2.05, 4.69) is 20.8 Å². The summed E-state index contributed by atoms with van der Waals surface area (Å²) in [5.41, 5.74) is 2.03. The molecule has 2 aromatic carbocycles. The molecule has 0 N–H and O–H groups in total. The summed E-state index contributed by atoms with van der Waals surface area (Å²) in [6, 6.07) is 13.1. The fourth-order valence-corrected chi connectivity index (χ4v) is 7.19. The fraction of sp³-hybridized carbons (Fsp3) is 0.700. The van der Waals surface area contributed by atoms with Crippen LogP contribution in [-0.2, 0) is 27.2 Å². The van der Waals surface area contributed by atoms with Crippen LogP contribution < -0.4 is 14.2 Å². The molecule has 0 atom stereocenters. The minimum absolute atomic E-state index is 0.176. The molecule has 0 saturated carbocycles. The highest BCUT2D eigenvalue weighted by Gasteiger charge is 2.13. The number of rotatable bonds is 36.